The highest BCUT2D eigenvalue weighted by Gasteiger charge is 2.22. The van der Waals surface area contributed by atoms with Crippen LogP contribution < -0.4 is 10.6 Å². The molecule has 1 amide bonds. The normalized spacial score (nSPS) is 13.2. The van der Waals surface area contributed by atoms with Gasteiger partial charge in [0.25, 0.3) is 5.91 Å². The van der Waals surface area contributed by atoms with E-state index in [0.717, 1.165) is 46.3 Å². The number of benzene rings is 3. The molecule has 0 bridgehead atoms. The number of hydrogen-bond donors (Lipinski definition) is 2. The summed E-state index contributed by atoms with van der Waals surface area (Å²) < 4.78 is 0. The summed E-state index contributed by atoms with van der Waals surface area (Å²) in [6.07, 6.45) is 2.05. The van der Waals surface area contributed by atoms with Crippen molar-refractivity contribution in [1.82, 2.24) is 10.3 Å². The van der Waals surface area contributed by atoms with Gasteiger partial charge in [-0.25, -0.2) is 0 Å². The van der Waals surface area contributed by atoms with E-state index in [9.17, 15) is 4.79 Å². The molecule has 0 saturated heterocycles. The van der Waals surface area contributed by atoms with Gasteiger partial charge in [-0.05, 0) is 54.7 Å². The molecule has 2 N–H and O–H groups in total. The molecular weight excluding hydrogens is 382 g/mol. The number of amides is 1. The molecular formula is C27H25N3O. The van der Waals surface area contributed by atoms with Crippen LogP contribution in [0, 0.1) is 6.92 Å². The molecule has 1 heterocycles. The second kappa shape index (κ2) is 7.88. The Morgan fingerprint density at radius 1 is 0.935 bits per heavy atom. The predicted molar refractivity (Wildman–Crippen MR) is 127 cm³/mol. The molecule has 5 rings (SSSR count). The Hall–Kier alpha value is -3.66. The molecule has 4 nitrogen and oxygen atoms in total. The van der Waals surface area contributed by atoms with Crippen LogP contribution in [0.5, 0.6) is 0 Å². The molecule has 0 atom stereocenters. The Bertz CT molecular complexity index is 1260. The number of nitrogens with one attached hydrogen (secondary N) is 2. The van der Waals surface area contributed by atoms with Gasteiger partial charge in [-0.15, -0.1) is 0 Å². The average molecular weight is 408 g/mol. The van der Waals surface area contributed by atoms with Crippen LogP contribution in [0.2, 0.25) is 0 Å². The van der Waals surface area contributed by atoms with Gasteiger partial charge in [0.15, 0.2) is 0 Å². The standard InChI is InChI=1S/C27H25N3O/c1-17-25(27(31)28-2)26(18-8-4-3-5-9-18)23-16-21(12-13-24(23)29-17)30-22-14-19-10-6-7-11-20(19)15-22/h3-13,16,22,30H,14-15H2,1-2H3,(H,28,31). The number of hydrogen-bond acceptors (Lipinski definition) is 3. The Kier molecular flexibility index (Phi) is 4.91. The van der Waals surface area contributed by atoms with Crippen LogP contribution in [0.3, 0.4) is 0 Å². The van der Waals surface area contributed by atoms with Gasteiger partial charge in [-0.1, -0.05) is 54.6 Å². The van der Waals surface area contributed by atoms with Gasteiger partial charge in [0.1, 0.15) is 0 Å². The Morgan fingerprint density at radius 3 is 2.29 bits per heavy atom. The van der Waals surface area contributed by atoms with E-state index in [-0.39, 0.29) is 5.91 Å². The summed E-state index contributed by atoms with van der Waals surface area (Å²) >= 11 is 0. The van der Waals surface area contributed by atoms with E-state index in [0.29, 0.717) is 11.6 Å². The van der Waals surface area contributed by atoms with Gasteiger partial charge in [0, 0.05) is 29.7 Å². The van der Waals surface area contributed by atoms with Crippen molar-refractivity contribution < 1.29 is 4.79 Å². The van der Waals surface area contributed by atoms with Gasteiger partial charge in [0.2, 0.25) is 0 Å². The summed E-state index contributed by atoms with van der Waals surface area (Å²) in [4.78, 5) is 17.5. The molecule has 0 fully saturated rings. The van der Waals surface area contributed by atoms with Crippen molar-refractivity contribution in [2.75, 3.05) is 12.4 Å². The fourth-order valence-corrected chi connectivity index (χ4v) is 4.68. The maximum atomic E-state index is 12.8. The van der Waals surface area contributed by atoms with Crippen LogP contribution >= 0.6 is 0 Å². The SMILES string of the molecule is CNC(=O)c1c(C)nc2ccc(NC3Cc4ccccc4C3)cc2c1-c1ccccc1. The molecule has 0 radical (unpaired) electrons. The third-order valence-corrected chi connectivity index (χ3v) is 6.10. The van der Waals surface area contributed by atoms with E-state index < -0.39 is 0 Å². The summed E-state index contributed by atoms with van der Waals surface area (Å²) in [6.45, 7) is 1.90. The van der Waals surface area contributed by atoms with E-state index in [2.05, 4.69) is 47.0 Å². The smallest absolute Gasteiger partial charge is 0.253 e. The number of aromatic nitrogens is 1. The van der Waals surface area contributed by atoms with E-state index >= 15 is 0 Å². The fourth-order valence-electron chi connectivity index (χ4n) is 4.68. The number of fused-ring (bicyclic) bond motifs is 2. The van der Waals surface area contributed by atoms with E-state index in [1.165, 1.54) is 11.1 Å². The monoisotopic (exact) mass is 407 g/mol. The van der Waals surface area contributed by atoms with E-state index in [4.69, 9.17) is 4.98 Å². The molecule has 4 aromatic rings. The van der Waals surface area contributed by atoms with Gasteiger partial charge in [0.05, 0.1) is 16.8 Å². The minimum Gasteiger partial charge on any atom is -0.382 e. The molecule has 1 aromatic heterocycles. The minimum absolute atomic E-state index is 0.115. The lowest BCUT2D eigenvalue weighted by Crippen LogP contribution is -2.21. The highest BCUT2D eigenvalue weighted by Crippen LogP contribution is 2.35. The van der Waals surface area contributed by atoms with Crippen LogP contribution in [-0.2, 0) is 12.8 Å². The van der Waals surface area contributed by atoms with Crippen LogP contribution in [-0.4, -0.2) is 24.0 Å². The molecule has 0 unspecified atom stereocenters. The van der Waals surface area contributed by atoms with Crippen LogP contribution in [0.15, 0.2) is 72.8 Å². The number of rotatable bonds is 4. The lowest BCUT2D eigenvalue weighted by Gasteiger charge is -2.18. The van der Waals surface area contributed by atoms with Crippen molar-refractivity contribution >= 4 is 22.5 Å². The first kappa shape index (κ1) is 19.3. The third-order valence-electron chi connectivity index (χ3n) is 6.10. The first-order valence-corrected chi connectivity index (χ1v) is 10.7. The molecule has 4 heteroatoms. The second-order valence-electron chi connectivity index (χ2n) is 8.14. The van der Waals surface area contributed by atoms with Crippen LogP contribution in [0.4, 0.5) is 5.69 Å². The lowest BCUT2D eigenvalue weighted by atomic mass is 9.93. The Morgan fingerprint density at radius 2 is 1.61 bits per heavy atom. The maximum Gasteiger partial charge on any atom is 0.253 e. The number of carbonyl (C=O) groups excluding carboxylic acids is 1. The average Bonchev–Trinajstić information content (AvgIpc) is 3.21. The first-order valence-electron chi connectivity index (χ1n) is 10.7. The fraction of sp³-hybridized carbons (Fsp3) is 0.185. The van der Waals surface area contributed by atoms with Crippen molar-refractivity contribution in [3.05, 3.63) is 95.2 Å². The van der Waals surface area contributed by atoms with Gasteiger partial charge in [-0.3, -0.25) is 9.78 Å². The minimum atomic E-state index is -0.115. The number of carbonyl (C=O) groups is 1. The van der Waals surface area contributed by atoms with Crippen LogP contribution in [0.1, 0.15) is 27.2 Å². The van der Waals surface area contributed by atoms with Crippen molar-refractivity contribution in [2.24, 2.45) is 0 Å². The molecule has 1 aliphatic rings. The summed E-state index contributed by atoms with van der Waals surface area (Å²) in [5.74, 6) is -0.115. The summed E-state index contributed by atoms with van der Waals surface area (Å²) in [5.41, 5.74) is 8.10. The zero-order chi connectivity index (χ0) is 21.4. The zero-order valence-corrected chi connectivity index (χ0v) is 17.8. The highest BCUT2D eigenvalue weighted by atomic mass is 16.1. The molecule has 1 aliphatic carbocycles. The van der Waals surface area contributed by atoms with Gasteiger partial charge < -0.3 is 10.6 Å². The highest BCUT2D eigenvalue weighted by molar-refractivity contribution is 6.10. The number of aryl methyl sites for hydroxylation is 1. The van der Waals surface area contributed by atoms with Crippen molar-refractivity contribution in [2.45, 2.75) is 25.8 Å². The van der Waals surface area contributed by atoms with E-state index in [1.54, 1.807) is 7.05 Å². The molecule has 3 aromatic carbocycles. The zero-order valence-electron chi connectivity index (χ0n) is 17.8. The Balaban J connectivity index is 1.61. The number of pyridine rings is 1. The summed E-state index contributed by atoms with van der Waals surface area (Å²) in [5, 5.41) is 7.48. The Labute approximate surface area is 182 Å². The van der Waals surface area contributed by atoms with Crippen molar-refractivity contribution in [1.29, 1.82) is 0 Å². The first-order chi connectivity index (χ1) is 15.1. The topological polar surface area (TPSA) is 54.0 Å². The number of nitrogens with zero attached hydrogens (tertiary/aromatic N) is 1. The largest absolute Gasteiger partial charge is 0.382 e. The maximum absolute atomic E-state index is 12.8. The van der Waals surface area contributed by atoms with Crippen molar-refractivity contribution in [3.63, 3.8) is 0 Å². The van der Waals surface area contributed by atoms with E-state index in [1.807, 2.05) is 43.3 Å². The summed E-state index contributed by atoms with van der Waals surface area (Å²) in [6, 6.07) is 25.4. The van der Waals surface area contributed by atoms with Gasteiger partial charge >= 0.3 is 0 Å². The molecule has 0 spiro atoms. The lowest BCUT2D eigenvalue weighted by molar-refractivity contribution is 0.0963. The van der Waals surface area contributed by atoms with Crippen LogP contribution in [0.25, 0.3) is 22.0 Å². The molecule has 154 valence electrons. The van der Waals surface area contributed by atoms with Gasteiger partial charge in [-0.2, -0.15) is 0 Å². The molecule has 0 aliphatic heterocycles. The third kappa shape index (κ3) is 3.55. The van der Waals surface area contributed by atoms with Crippen molar-refractivity contribution in [3.8, 4) is 11.1 Å². The second-order valence-corrected chi connectivity index (χ2v) is 8.14. The predicted octanol–water partition coefficient (Wildman–Crippen LogP) is 5.15. The quantitative estimate of drug-likeness (QED) is 0.492. The molecule has 0 saturated carbocycles. The summed E-state index contributed by atoms with van der Waals surface area (Å²) in [7, 11) is 1.66. The molecule has 31 heavy (non-hydrogen) atoms. The number of anilines is 1.